The molecular formula is C32H42N4O2. The van der Waals surface area contributed by atoms with Gasteiger partial charge in [-0.1, -0.05) is 36.4 Å². The lowest BCUT2D eigenvalue weighted by molar-refractivity contribution is 0.0935. The molecule has 0 saturated heterocycles. The van der Waals surface area contributed by atoms with E-state index in [1.807, 2.05) is 26.8 Å². The van der Waals surface area contributed by atoms with E-state index in [-0.39, 0.29) is 20.9 Å². The summed E-state index contributed by atoms with van der Waals surface area (Å²) in [4.78, 5) is 17.9. The van der Waals surface area contributed by atoms with E-state index in [1.165, 1.54) is 0 Å². The minimum absolute atomic E-state index is 0. The number of hydrogen-bond donors (Lipinski definition) is 1. The number of amides is 1. The maximum Gasteiger partial charge on any atom is 0.251 e. The highest BCUT2D eigenvalue weighted by molar-refractivity contribution is 5.95. The lowest BCUT2D eigenvalue weighted by Crippen LogP contribution is -2.36. The summed E-state index contributed by atoms with van der Waals surface area (Å²) in [5.41, 5.74) is 5.08. The number of nitrogens with one attached hydrogen (secondary N) is 1. The Labute approximate surface area is 229 Å². The van der Waals surface area contributed by atoms with Gasteiger partial charge in [-0.05, 0) is 83.2 Å². The zero-order valence-electron chi connectivity index (χ0n) is 23.1. The number of carbonyl (C=O) groups is 1. The minimum Gasteiger partial charge on any atom is -0.490 e. The van der Waals surface area contributed by atoms with Gasteiger partial charge in [-0.25, -0.2) is 4.98 Å². The summed E-state index contributed by atoms with van der Waals surface area (Å²) in [7, 11) is 0. The molecule has 1 N–H and O–H groups in total. The Morgan fingerprint density at radius 3 is 2.61 bits per heavy atom. The van der Waals surface area contributed by atoms with E-state index in [0.717, 1.165) is 47.6 Å². The quantitative estimate of drug-likeness (QED) is 0.255. The standard InChI is InChI=1S/C32H38N4O2.2H2/c1-7-10-11-28(34-32(37)26-16-17-30(38-22(4)5)27(19-26)20-33)18-24-12-14-25(15-13-24)29-21-36(9-3)31(35-29)23(6)8-2;;/h7-8,12-17,19,21-22,28H,1,9-11,18H2,2-6H3,(H,34,37);2*1H/b23-8-;;/t28-;;/m1../s1. The third-order valence-electron chi connectivity index (χ3n) is 6.41. The Kier molecular flexibility index (Phi) is 10.1. The van der Waals surface area contributed by atoms with Crippen LogP contribution in [0.15, 0.2) is 67.4 Å². The Hall–Kier alpha value is -4.11. The van der Waals surface area contributed by atoms with Crippen LogP contribution in [0.25, 0.3) is 16.8 Å². The molecule has 0 aliphatic rings. The topological polar surface area (TPSA) is 79.9 Å². The monoisotopic (exact) mass is 514 g/mol. The van der Waals surface area contributed by atoms with Crippen molar-refractivity contribution in [3.05, 3.63) is 89.9 Å². The van der Waals surface area contributed by atoms with Crippen LogP contribution < -0.4 is 10.1 Å². The predicted octanol–water partition coefficient (Wildman–Crippen LogP) is 7.45. The van der Waals surface area contributed by atoms with Gasteiger partial charge in [-0.3, -0.25) is 4.79 Å². The van der Waals surface area contributed by atoms with Crippen LogP contribution in [0.4, 0.5) is 0 Å². The molecule has 0 spiro atoms. The smallest absolute Gasteiger partial charge is 0.251 e. The first kappa shape index (κ1) is 28.5. The number of aromatic nitrogens is 2. The second-order valence-corrected chi connectivity index (χ2v) is 9.63. The van der Waals surface area contributed by atoms with Crippen molar-refractivity contribution in [2.75, 3.05) is 0 Å². The lowest BCUT2D eigenvalue weighted by Gasteiger charge is -2.19. The maximum absolute atomic E-state index is 13.1. The van der Waals surface area contributed by atoms with Crippen molar-refractivity contribution >= 4 is 11.5 Å². The van der Waals surface area contributed by atoms with Gasteiger partial charge >= 0.3 is 0 Å². The Balaban J connectivity index is 0.00000400. The molecule has 0 aliphatic heterocycles. The third kappa shape index (κ3) is 7.23. The molecule has 0 saturated carbocycles. The molecule has 0 fully saturated rings. The van der Waals surface area contributed by atoms with Crippen LogP contribution in [-0.2, 0) is 13.0 Å². The van der Waals surface area contributed by atoms with Gasteiger partial charge in [0.05, 0.1) is 17.4 Å². The fourth-order valence-electron chi connectivity index (χ4n) is 4.26. The fourth-order valence-corrected chi connectivity index (χ4v) is 4.26. The van der Waals surface area contributed by atoms with Gasteiger partial charge in [0.15, 0.2) is 0 Å². The Morgan fingerprint density at radius 2 is 2.00 bits per heavy atom. The van der Waals surface area contributed by atoms with E-state index in [2.05, 4.69) is 72.9 Å². The molecule has 202 valence electrons. The van der Waals surface area contributed by atoms with E-state index in [0.29, 0.717) is 23.3 Å². The number of carbonyl (C=O) groups excluding carboxylic acids is 1. The lowest BCUT2D eigenvalue weighted by atomic mass is 9.99. The van der Waals surface area contributed by atoms with Crippen LogP contribution in [-0.4, -0.2) is 27.6 Å². The number of allylic oxidation sites excluding steroid dienone is 3. The van der Waals surface area contributed by atoms with Crippen molar-refractivity contribution in [3.63, 3.8) is 0 Å². The first-order chi connectivity index (χ1) is 18.3. The third-order valence-corrected chi connectivity index (χ3v) is 6.41. The molecule has 38 heavy (non-hydrogen) atoms. The Morgan fingerprint density at radius 1 is 1.26 bits per heavy atom. The summed E-state index contributed by atoms with van der Waals surface area (Å²) in [6.07, 6.45) is 8.22. The van der Waals surface area contributed by atoms with Crippen molar-refractivity contribution in [2.45, 2.75) is 72.6 Å². The Bertz CT molecular complexity index is 1340. The second-order valence-electron chi connectivity index (χ2n) is 9.63. The molecule has 1 aromatic heterocycles. The number of nitriles is 1. The van der Waals surface area contributed by atoms with E-state index in [1.54, 1.807) is 18.2 Å². The van der Waals surface area contributed by atoms with Gasteiger partial charge in [0, 0.05) is 32.8 Å². The SMILES string of the molecule is C=CCC[C@H](Cc1ccc(-c2cn(CC)c(/C(C)=C\C)n2)cc1)NC(=O)c1ccc(OC(C)C)c(C#N)c1.[HH].[HH]. The second kappa shape index (κ2) is 13.4. The number of nitrogens with zero attached hydrogens (tertiary/aromatic N) is 3. The molecule has 0 unspecified atom stereocenters. The molecule has 1 amide bonds. The largest absolute Gasteiger partial charge is 0.490 e. The van der Waals surface area contributed by atoms with Crippen molar-refractivity contribution in [1.29, 1.82) is 5.26 Å². The highest BCUT2D eigenvalue weighted by atomic mass is 16.5. The van der Waals surface area contributed by atoms with Crippen LogP contribution in [0.2, 0.25) is 0 Å². The molecule has 0 aliphatic carbocycles. The highest BCUT2D eigenvalue weighted by Gasteiger charge is 2.17. The number of hydrogen-bond acceptors (Lipinski definition) is 4. The molecule has 0 radical (unpaired) electrons. The number of benzene rings is 2. The molecule has 1 heterocycles. The van der Waals surface area contributed by atoms with Crippen LogP contribution in [0, 0.1) is 11.3 Å². The van der Waals surface area contributed by atoms with E-state index < -0.39 is 0 Å². The summed E-state index contributed by atoms with van der Waals surface area (Å²) in [5, 5.41) is 12.7. The maximum atomic E-state index is 13.1. The summed E-state index contributed by atoms with van der Waals surface area (Å²) >= 11 is 0. The summed E-state index contributed by atoms with van der Waals surface area (Å²) in [5.74, 6) is 1.27. The van der Waals surface area contributed by atoms with E-state index in [4.69, 9.17) is 9.72 Å². The summed E-state index contributed by atoms with van der Waals surface area (Å²) in [6.45, 7) is 14.7. The molecule has 6 heteroatoms. The van der Waals surface area contributed by atoms with Gasteiger partial charge in [-0.15, -0.1) is 6.58 Å². The van der Waals surface area contributed by atoms with Crippen molar-refractivity contribution < 1.29 is 12.4 Å². The number of aryl methyl sites for hydroxylation is 1. The number of imidazole rings is 1. The summed E-state index contributed by atoms with van der Waals surface area (Å²) in [6, 6.07) is 15.4. The minimum atomic E-state index is -0.208. The first-order valence-electron chi connectivity index (χ1n) is 13.2. The van der Waals surface area contributed by atoms with Crippen LogP contribution in [0.5, 0.6) is 5.75 Å². The van der Waals surface area contributed by atoms with Crippen LogP contribution in [0.3, 0.4) is 0 Å². The molecule has 2 aromatic carbocycles. The van der Waals surface area contributed by atoms with E-state index >= 15 is 0 Å². The summed E-state index contributed by atoms with van der Waals surface area (Å²) < 4.78 is 7.85. The number of ether oxygens (including phenoxy) is 1. The van der Waals surface area contributed by atoms with Crippen LogP contribution >= 0.6 is 0 Å². The molecular weight excluding hydrogens is 472 g/mol. The normalized spacial score (nSPS) is 12.2. The van der Waals surface area contributed by atoms with Gasteiger partial charge in [-0.2, -0.15) is 5.26 Å². The highest BCUT2D eigenvalue weighted by Crippen LogP contribution is 2.24. The predicted molar refractivity (Wildman–Crippen MR) is 158 cm³/mol. The first-order valence-corrected chi connectivity index (χ1v) is 13.2. The molecule has 1 atom stereocenters. The average Bonchev–Trinajstić information content (AvgIpc) is 3.36. The number of rotatable bonds is 12. The van der Waals surface area contributed by atoms with Gasteiger partial charge in [0.1, 0.15) is 17.6 Å². The molecule has 3 aromatic rings. The van der Waals surface area contributed by atoms with Crippen molar-refractivity contribution in [1.82, 2.24) is 14.9 Å². The zero-order chi connectivity index (χ0) is 27.7. The fraction of sp³-hybridized carbons (Fsp3) is 0.344. The molecule has 3 rings (SSSR count). The zero-order valence-corrected chi connectivity index (χ0v) is 23.1. The molecule has 6 nitrogen and oxygen atoms in total. The van der Waals surface area contributed by atoms with Crippen LogP contribution in [0.1, 0.15) is 77.6 Å². The van der Waals surface area contributed by atoms with E-state index in [9.17, 15) is 10.1 Å². The molecule has 0 bridgehead atoms. The van der Waals surface area contributed by atoms with Crippen molar-refractivity contribution in [2.24, 2.45) is 0 Å². The average molecular weight is 515 g/mol. The van der Waals surface area contributed by atoms with Gasteiger partial charge in [0.2, 0.25) is 0 Å². The van der Waals surface area contributed by atoms with Gasteiger partial charge < -0.3 is 14.6 Å². The van der Waals surface area contributed by atoms with Crippen molar-refractivity contribution in [3.8, 4) is 23.1 Å². The van der Waals surface area contributed by atoms with Gasteiger partial charge in [0.25, 0.3) is 5.91 Å².